The summed E-state index contributed by atoms with van der Waals surface area (Å²) in [5.74, 6) is 1.58. The molecule has 1 aliphatic carbocycles. The summed E-state index contributed by atoms with van der Waals surface area (Å²) < 4.78 is 0. The van der Waals surface area contributed by atoms with Gasteiger partial charge >= 0.3 is 0 Å². The molecule has 1 nitrogen and oxygen atoms in total. The predicted molar refractivity (Wildman–Crippen MR) is 56.0 cm³/mol. The fraction of sp³-hybridized carbons (Fsp3) is 0.455. The van der Waals surface area contributed by atoms with Crippen LogP contribution in [0.15, 0.2) is 24.3 Å². The first-order chi connectivity index (χ1) is 6.31. The van der Waals surface area contributed by atoms with E-state index in [2.05, 4.69) is 12.1 Å². The summed E-state index contributed by atoms with van der Waals surface area (Å²) in [6.07, 6.45) is 2.46. The molecule has 2 heteroatoms. The van der Waals surface area contributed by atoms with Crippen molar-refractivity contribution in [3.8, 4) is 0 Å². The van der Waals surface area contributed by atoms with Gasteiger partial charge in [-0.2, -0.15) is 0 Å². The van der Waals surface area contributed by atoms with E-state index in [4.69, 9.17) is 17.3 Å². The number of hydrogen-bond acceptors (Lipinski definition) is 1. The smallest absolute Gasteiger partial charge is 0.0406 e. The minimum Gasteiger partial charge on any atom is -0.330 e. The van der Waals surface area contributed by atoms with Crippen molar-refractivity contribution in [2.45, 2.75) is 18.8 Å². The Balaban J connectivity index is 2.00. The van der Waals surface area contributed by atoms with Gasteiger partial charge in [0, 0.05) is 5.02 Å². The van der Waals surface area contributed by atoms with Crippen molar-refractivity contribution in [1.82, 2.24) is 0 Å². The molecule has 0 heterocycles. The maximum absolute atomic E-state index is 5.81. The highest BCUT2D eigenvalue weighted by Crippen LogP contribution is 2.49. The van der Waals surface area contributed by atoms with Crippen molar-refractivity contribution in [3.63, 3.8) is 0 Å². The Labute approximate surface area is 83.9 Å². The van der Waals surface area contributed by atoms with E-state index in [1.165, 1.54) is 12.0 Å². The number of nitrogens with two attached hydrogens (primary N) is 1. The Bertz CT molecular complexity index is 281. The minimum absolute atomic E-state index is 0.751. The van der Waals surface area contributed by atoms with E-state index in [9.17, 15) is 0 Å². The number of halogens is 1. The summed E-state index contributed by atoms with van der Waals surface area (Å²) in [6.45, 7) is 0.814. The minimum atomic E-state index is 0.751. The molecule has 0 aliphatic heterocycles. The van der Waals surface area contributed by atoms with Gasteiger partial charge in [0.05, 0.1) is 0 Å². The van der Waals surface area contributed by atoms with Crippen LogP contribution in [0.2, 0.25) is 5.02 Å². The van der Waals surface area contributed by atoms with Crippen LogP contribution in [0.5, 0.6) is 0 Å². The Morgan fingerprint density at radius 2 is 2.00 bits per heavy atom. The number of hydrogen-bond donors (Lipinski definition) is 1. The predicted octanol–water partition coefficient (Wildman–Crippen LogP) is 2.79. The second kappa shape index (κ2) is 3.69. The van der Waals surface area contributed by atoms with Crippen molar-refractivity contribution in [1.29, 1.82) is 0 Å². The highest BCUT2D eigenvalue weighted by atomic mass is 35.5. The van der Waals surface area contributed by atoms with Crippen molar-refractivity contribution in [2.24, 2.45) is 11.7 Å². The van der Waals surface area contributed by atoms with Gasteiger partial charge in [-0.1, -0.05) is 23.7 Å². The zero-order valence-corrected chi connectivity index (χ0v) is 8.30. The molecule has 0 bridgehead atoms. The monoisotopic (exact) mass is 195 g/mol. The summed E-state index contributed by atoms with van der Waals surface area (Å²) in [4.78, 5) is 0. The maximum atomic E-state index is 5.81. The Hall–Kier alpha value is -0.530. The average molecular weight is 196 g/mol. The van der Waals surface area contributed by atoms with Gasteiger partial charge in [-0.05, 0) is 48.9 Å². The van der Waals surface area contributed by atoms with Gasteiger partial charge in [0.15, 0.2) is 0 Å². The zero-order valence-electron chi connectivity index (χ0n) is 7.54. The molecule has 1 aromatic rings. The molecule has 0 radical (unpaired) electrons. The van der Waals surface area contributed by atoms with Crippen LogP contribution >= 0.6 is 11.6 Å². The van der Waals surface area contributed by atoms with Crippen LogP contribution in [-0.2, 0) is 0 Å². The van der Waals surface area contributed by atoms with Gasteiger partial charge in [-0.3, -0.25) is 0 Å². The van der Waals surface area contributed by atoms with Crippen LogP contribution in [0.1, 0.15) is 24.3 Å². The highest BCUT2D eigenvalue weighted by Gasteiger charge is 2.36. The Kier molecular flexibility index (Phi) is 2.56. The summed E-state index contributed by atoms with van der Waals surface area (Å²) in [6, 6.07) is 8.19. The van der Waals surface area contributed by atoms with Crippen LogP contribution in [0.25, 0.3) is 0 Å². The van der Waals surface area contributed by atoms with Gasteiger partial charge in [0.25, 0.3) is 0 Å². The maximum Gasteiger partial charge on any atom is 0.0406 e. The molecular weight excluding hydrogens is 182 g/mol. The molecule has 1 aromatic carbocycles. The zero-order chi connectivity index (χ0) is 9.26. The van der Waals surface area contributed by atoms with Crippen LogP contribution in [0.3, 0.4) is 0 Å². The van der Waals surface area contributed by atoms with E-state index < -0.39 is 0 Å². The molecule has 1 aliphatic rings. The van der Waals surface area contributed by atoms with Gasteiger partial charge < -0.3 is 5.73 Å². The Morgan fingerprint density at radius 1 is 1.31 bits per heavy atom. The normalized spacial score (nSPS) is 26.0. The average Bonchev–Trinajstić information content (AvgIpc) is 2.86. The first kappa shape index (κ1) is 9.04. The van der Waals surface area contributed by atoms with Crippen LogP contribution < -0.4 is 5.73 Å². The lowest BCUT2D eigenvalue weighted by Crippen LogP contribution is -1.99. The third kappa shape index (κ3) is 2.04. The van der Waals surface area contributed by atoms with Gasteiger partial charge in [0.1, 0.15) is 0 Å². The SMILES string of the molecule is NCCC1CC1c1ccc(Cl)cc1. The van der Waals surface area contributed by atoms with E-state index in [0.717, 1.165) is 29.8 Å². The molecule has 0 amide bonds. The lowest BCUT2D eigenvalue weighted by molar-refractivity contribution is 0.715. The highest BCUT2D eigenvalue weighted by molar-refractivity contribution is 6.30. The third-order valence-electron chi connectivity index (χ3n) is 2.76. The fourth-order valence-corrected chi connectivity index (χ4v) is 2.02. The lowest BCUT2D eigenvalue weighted by Gasteiger charge is -1.99. The van der Waals surface area contributed by atoms with E-state index in [0.29, 0.717) is 0 Å². The van der Waals surface area contributed by atoms with Gasteiger partial charge in [-0.25, -0.2) is 0 Å². The summed E-state index contributed by atoms with van der Waals surface area (Å²) in [5, 5.41) is 0.819. The summed E-state index contributed by atoms with van der Waals surface area (Å²) >= 11 is 5.81. The first-order valence-corrected chi connectivity index (χ1v) is 5.14. The molecule has 2 N–H and O–H groups in total. The van der Waals surface area contributed by atoms with E-state index in [-0.39, 0.29) is 0 Å². The molecule has 0 aromatic heterocycles. The molecule has 13 heavy (non-hydrogen) atoms. The topological polar surface area (TPSA) is 26.0 Å². The molecule has 2 unspecified atom stereocenters. The molecule has 2 atom stereocenters. The molecule has 0 saturated heterocycles. The third-order valence-corrected chi connectivity index (χ3v) is 3.01. The summed E-state index contributed by atoms with van der Waals surface area (Å²) in [7, 11) is 0. The van der Waals surface area contributed by atoms with E-state index in [1.54, 1.807) is 0 Å². The molecular formula is C11H14ClN. The molecule has 70 valence electrons. The van der Waals surface area contributed by atoms with E-state index in [1.807, 2.05) is 12.1 Å². The van der Waals surface area contributed by atoms with Crippen LogP contribution in [0.4, 0.5) is 0 Å². The molecule has 1 fully saturated rings. The molecule has 2 rings (SSSR count). The van der Waals surface area contributed by atoms with Crippen molar-refractivity contribution in [3.05, 3.63) is 34.9 Å². The Morgan fingerprint density at radius 3 is 2.62 bits per heavy atom. The fourth-order valence-electron chi connectivity index (χ4n) is 1.90. The van der Waals surface area contributed by atoms with E-state index >= 15 is 0 Å². The van der Waals surface area contributed by atoms with Crippen molar-refractivity contribution in [2.75, 3.05) is 6.54 Å². The van der Waals surface area contributed by atoms with Crippen molar-refractivity contribution < 1.29 is 0 Å². The van der Waals surface area contributed by atoms with Crippen molar-refractivity contribution >= 4 is 11.6 Å². The van der Waals surface area contributed by atoms with Crippen LogP contribution in [-0.4, -0.2) is 6.54 Å². The van der Waals surface area contributed by atoms with Gasteiger partial charge in [-0.15, -0.1) is 0 Å². The second-order valence-corrected chi connectivity index (χ2v) is 4.17. The first-order valence-electron chi connectivity index (χ1n) is 4.77. The number of rotatable bonds is 3. The molecule has 1 saturated carbocycles. The standard InChI is InChI=1S/C11H14ClN/c12-10-3-1-8(2-4-10)11-7-9(11)5-6-13/h1-4,9,11H,5-7,13H2. The second-order valence-electron chi connectivity index (χ2n) is 3.73. The molecule has 0 spiro atoms. The largest absolute Gasteiger partial charge is 0.330 e. The van der Waals surface area contributed by atoms with Gasteiger partial charge in [0.2, 0.25) is 0 Å². The number of benzene rings is 1. The van der Waals surface area contributed by atoms with Crippen LogP contribution in [0, 0.1) is 5.92 Å². The lowest BCUT2D eigenvalue weighted by atomic mass is 10.1. The quantitative estimate of drug-likeness (QED) is 0.789. The summed E-state index contributed by atoms with van der Waals surface area (Å²) in [5.41, 5.74) is 6.93.